The van der Waals surface area contributed by atoms with Crippen molar-refractivity contribution in [3.05, 3.63) is 29.8 Å². The summed E-state index contributed by atoms with van der Waals surface area (Å²) >= 11 is 0. The third kappa shape index (κ3) is 32.9. The number of urea groups is 1. The summed E-state index contributed by atoms with van der Waals surface area (Å²) in [5, 5.41) is 104. The van der Waals surface area contributed by atoms with Crippen LogP contribution >= 0.6 is 0 Å². The molecular formula is C63H99FN12O25Si. The van der Waals surface area contributed by atoms with Crippen molar-refractivity contribution in [1.82, 2.24) is 62.1 Å². The van der Waals surface area contributed by atoms with Crippen molar-refractivity contribution in [1.29, 1.82) is 0 Å². The number of carbonyl (C=O) groups is 16. The van der Waals surface area contributed by atoms with Crippen molar-refractivity contribution in [2.75, 3.05) is 91.6 Å². The lowest BCUT2D eigenvalue weighted by atomic mass is 10.1. The molecule has 0 bridgehead atoms. The number of halogens is 1. The van der Waals surface area contributed by atoms with Gasteiger partial charge in [-0.2, -0.15) is 0 Å². The first-order valence-corrected chi connectivity index (χ1v) is 34.9. The number of unbranched alkanes of at least 4 members (excludes halogenated alkanes) is 1. The molecule has 0 spiro atoms. The Morgan fingerprint density at radius 3 is 1.21 bits per heavy atom. The fourth-order valence-electron chi connectivity index (χ4n) is 11.4. The maximum Gasteiger partial charge on any atom is 0.326 e. The molecule has 17 N–H and O–H groups in total. The third-order valence-corrected chi connectivity index (χ3v) is 21.9. The van der Waals surface area contributed by atoms with Gasteiger partial charge in [-0.05, 0) is 78.8 Å². The van der Waals surface area contributed by atoms with Crippen LogP contribution in [0.1, 0.15) is 135 Å². The topological polar surface area (TPSA) is 564 Å². The molecule has 1 saturated heterocycles. The lowest BCUT2D eigenvalue weighted by Gasteiger charge is -2.44. The number of hydrogen-bond donors (Lipinski definition) is 17. The molecule has 8 amide bonds. The highest BCUT2D eigenvalue weighted by Crippen LogP contribution is 2.51. The van der Waals surface area contributed by atoms with E-state index < -0.39 is 215 Å². The minimum atomic E-state index is -3.77. The molecule has 37 nitrogen and oxygen atoms in total. The zero-order valence-corrected chi connectivity index (χ0v) is 59.1. The highest BCUT2D eigenvalue weighted by Gasteiger charge is 2.56. The largest absolute Gasteiger partial charge is 0.481 e. The zero-order chi connectivity index (χ0) is 77.2. The van der Waals surface area contributed by atoms with Gasteiger partial charge in [0.1, 0.15) is 36.3 Å². The predicted octanol–water partition coefficient (Wildman–Crippen LogP) is -1.72. The zero-order valence-electron chi connectivity index (χ0n) is 58.1. The number of amides is 8. The Hall–Kier alpha value is -9.47. The van der Waals surface area contributed by atoms with Crippen molar-refractivity contribution < 1.29 is 127 Å². The molecule has 1 aromatic rings. The van der Waals surface area contributed by atoms with Gasteiger partial charge in [0, 0.05) is 110 Å². The van der Waals surface area contributed by atoms with Crippen LogP contribution in [0.5, 0.6) is 0 Å². The minimum absolute atomic E-state index is 0.00207. The van der Waals surface area contributed by atoms with Gasteiger partial charge in [0.25, 0.3) is 14.3 Å². The fourth-order valence-corrected chi connectivity index (χ4v) is 16.0. The van der Waals surface area contributed by atoms with Crippen molar-refractivity contribution in [3.8, 4) is 0 Å². The van der Waals surface area contributed by atoms with Gasteiger partial charge in [-0.15, -0.1) is 0 Å². The molecule has 1 aliphatic rings. The van der Waals surface area contributed by atoms with Crippen LogP contribution in [-0.2, 0) is 67.1 Å². The fraction of sp³-hybridized carbons (Fsp3) is 0.651. The second-order valence-corrected chi connectivity index (χ2v) is 31.5. The van der Waals surface area contributed by atoms with Crippen LogP contribution in [0.15, 0.2) is 24.3 Å². The van der Waals surface area contributed by atoms with Gasteiger partial charge < -0.3 is 92.6 Å². The Balaban J connectivity index is 2.15. The molecule has 0 radical (unpaired) electrons. The lowest BCUT2D eigenvalue weighted by Crippen LogP contribution is -2.58. The number of carbonyl (C=O) groups excluding carboxylic acids is 7. The summed E-state index contributed by atoms with van der Waals surface area (Å²) in [6, 6.07) is -5.18. The summed E-state index contributed by atoms with van der Waals surface area (Å²) in [7, 11) is -3.77. The smallest absolute Gasteiger partial charge is 0.326 e. The SMILES string of the molecule is CC(C)(C)[Si](F)(c1ccc(C(=O)NC[C@H](NC(=O)CC[C@@H](C(=O)O)N2CCN(CC(=O)O)CCN(CC(=O)O)CCN(CC(=O)O)CC2)C(=O)N[C@H](CCCCNC(=O)CCC(=O)NCCC[C@H](NC(=O)CC[C@H](NC(=O)N[C@@H](CCC(=O)O)C(=O)O)C(=O)O)C(=O)O)C(=O)O)cc1)C(C)(C)C. The highest BCUT2D eigenvalue weighted by molar-refractivity contribution is 6.90. The molecule has 572 valence electrons. The van der Waals surface area contributed by atoms with Gasteiger partial charge in [0.15, 0.2) is 0 Å². The summed E-state index contributed by atoms with van der Waals surface area (Å²) in [6.07, 6.45) is -4.25. The molecule has 0 unspecified atom stereocenters. The molecule has 1 heterocycles. The molecular weight excluding hydrogens is 1370 g/mol. The van der Waals surface area contributed by atoms with E-state index in [9.17, 15) is 118 Å². The average Bonchev–Trinajstić information content (AvgIpc) is 0.748. The number of nitrogens with zero attached hydrogens (tertiary/aromatic N) is 4. The number of rotatable bonds is 43. The molecule has 2 rings (SSSR count). The summed E-state index contributed by atoms with van der Waals surface area (Å²) in [6.45, 7) is 8.44. The quantitative estimate of drug-likeness (QED) is 0.0197. The van der Waals surface area contributed by atoms with E-state index in [4.69, 9.17) is 5.11 Å². The van der Waals surface area contributed by atoms with Crippen LogP contribution in [0.4, 0.5) is 8.90 Å². The molecule has 6 atom stereocenters. The lowest BCUT2D eigenvalue weighted by molar-refractivity contribution is -0.145. The van der Waals surface area contributed by atoms with Gasteiger partial charge in [-0.3, -0.25) is 72.3 Å². The maximum absolute atomic E-state index is 17.1. The Morgan fingerprint density at radius 1 is 0.412 bits per heavy atom. The molecule has 1 aliphatic heterocycles. The number of aliphatic carboxylic acids is 9. The predicted molar refractivity (Wildman–Crippen MR) is 359 cm³/mol. The second kappa shape index (κ2) is 43.4. The van der Waals surface area contributed by atoms with E-state index in [1.165, 1.54) is 43.9 Å². The second-order valence-electron chi connectivity index (χ2n) is 26.6. The van der Waals surface area contributed by atoms with Gasteiger partial charge in [-0.25, -0.2) is 24.0 Å². The van der Waals surface area contributed by atoms with Crippen molar-refractivity contribution >= 4 is 109 Å². The van der Waals surface area contributed by atoms with Gasteiger partial charge >= 0.3 is 59.8 Å². The van der Waals surface area contributed by atoms with Crippen LogP contribution < -0.4 is 47.7 Å². The highest BCUT2D eigenvalue weighted by atomic mass is 28.4. The standard InChI is InChI=1S/C63H99FN12O25Si/c1-62(2,3)102(64,63(4,5)6)39-14-12-38(13-15-39)54(89)67-34-44(69-49(80)20-18-45(60(99)100)76-32-30-74(36-52(85)86)28-26-73(35-51(83)84)27-29-75(31-33-76)37-53(87)88)55(90)70-41(57(93)94)10-7-8-24-65-46(77)21-22-47(78)66-25-9-11-40(56(91)92)68-48(79)19-16-42(58(95)96)71-61(101)72-43(59(97)98)17-23-50(81)82/h12-15,40-45H,7-11,16-37H2,1-6H3,(H,65,77)(H,66,78)(H,67,89)(H,68,79)(H,69,80)(H,70,90)(H,81,82)(H,83,84)(H,85,86)(H,87,88)(H,91,92)(H,93,94)(H,95,96)(H,97,98)(H,99,100)(H2,71,72,101)/t40-,41+,42-,43-,44-,45-/m0/s1. The summed E-state index contributed by atoms with van der Waals surface area (Å²) in [5.41, 5.74) is 0.0380. The first-order chi connectivity index (χ1) is 47.5. The molecule has 1 fully saturated rings. The first kappa shape index (κ1) is 88.6. The molecule has 1 aromatic carbocycles. The van der Waals surface area contributed by atoms with E-state index in [0.29, 0.717) is 5.19 Å². The number of nitrogens with one attached hydrogen (secondary N) is 8. The van der Waals surface area contributed by atoms with Gasteiger partial charge in [0.05, 0.1) is 19.6 Å². The van der Waals surface area contributed by atoms with Crippen LogP contribution in [0.2, 0.25) is 10.1 Å². The molecule has 39 heteroatoms. The normalized spacial score (nSPS) is 15.6. The summed E-state index contributed by atoms with van der Waals surface area (Å²) in [5.74, 6) is -17.5. The van der Waals surface area contributed by atoms with Gasteiger partial charge in [0.2, 0.25) is 29.5 Å². The van der Waals surface area contributed by atoms with Crippen molar-refractivity contribution in [2.45, 2.75) is 171 Å². The summed E-state index contributed by atoms with van der Waals surface area (Å²) < 4.78 is 17.1. The molecule has 102 heavy (non-hydrogen) atoms. The third-order valence-electron chi connectivity index (χ3n) is 16.6. The van der Waals surface area contributed by atoms with E-state index in [1.807, 2.05) is 10.6 Å². The van der Waals surface area contributed by atoms with Crippen LogP contribution in [-0.4, -0.2) is 297 Å². The van der Waals surface area contributed by atoms with E-state index in [-0.39, 0.29) is 116 Å². The Kier molecular flexibility index (Phi) is 37.7. The number of hydrogen-bond acceptors (Lipinski definition) is 20. The molecule has 0 aromatic heterocycles. The average molecular weight is 1470 g/mol. The van der Waals surface area contributed by atoms with Crippen LogP contribution in [0.25, 0.3) is 0 Å². The van der Waals surface area contributed by atoms with E-state index in [2.05, 4.69) is 31.9 Å². The molecule has 0 saturated carbocycles. The Labute approximate surface area is 588 Å². The Morgan fingerprint density at radius 2 is 0.794 bits per heavy atom. The van der Waals surface area contributed by atoms with Crippen LogP contribution in [0.3, 0.4) is 0 Å². The summed E-state index contributed by atoms with van der Waals surface area (Å²) in [4.78, 5) is 205. The van der Waals surface area contributed by atoms with Crippen LogP contribution in [0, 0.1) is 0 Å². The maximum atomic E-state index is 17.1. The van der Waals surface area contributed by atoms with Crippen molar-refractivity contribution in [3.63, 3.8) is 0 Å². The van der Waals surface area contributed by atoms with E-state index in [0.717, 1.165) is 0 Å². The molecule has 0 aliphatic carbocycles. The first-order valence-electron chi connectivity index (χ1n) is 33.0. The Bertz CT molecular complexity index is 3050. The number of carboxylic acids is 9. The van der Waals surface area contributed by atoms with Gasteiger partial charge in [-0.1, -0.05) is 53.7 Å². The van der Waals surface area contributed by atoms with E-state index >= 15 is 4.11 Å². The number of carboxylic acid groups (broad SMARTS) is 9. The monoisotopic (exact) mass is 1470 g/mol. The number of benzene rings is 1. The van der Waals surface area contributed by atoms with E-state index in [1.54, 1.807) is 41.5 Å². The van der Waals surface area contributed by atoms with Crippen molar-refractivity contribution in [2.24, 2.45) is 0 Å². The minimum Gasteiger partial charge on any atom is -0.481 e.